The molecule has 0 spiro atoms. The van der Waals surface area contributed by atoms with Crippen molar-refractivity contribution in [1.29, 1.82) is 0 Å². The van der Waals surface area contributed by atoms with E-state index in [1.165, 1.54) is 11.1 Å². The predicted octanol–water partition coefficient (Wildman–Crippen LogP) is 5.81. The number of hydrogen-bond acceptors (Lipinski definition) is 5. The van der Waals surface area contributed by atoms with Gasteiger partial charge in [-0.1, -0.05) is 90.0 Å². The summed E-state index contributed by atoms with van der Waals surface area (Å²) >= 11 is 0. The summed E-state index contributed by atoms with van der Waals surface area (Å²) in [5, 5.41) is 22.8. The zero-order valence-electron chi connectivity index (χ0n) is 23.4. The maximum Gasteiger partial charge on any atom is 0.492 e. The van der Waals surface area contributed by atoms with Crippen LogP contribution in [0.2, 0.25) is 0 Å². The van der Waals surface area contributed by atoms with Crippen molar-refractivity contribution in [3.63, 3.8) is 0 Å². The summed E-state index contributed by atoms with van der Waals surface area (Å²) in [5.74, 6) is 1.17. The Kier molecular flexibility index (Phi) is 9.79. The van der Waals surface area contributed by atoms with Crippen LogP contribution >= 0.6 is 0 Å². The van der Waals surface area contributed by atoms with Crippen LogP contribution in [-0.2, 0) is 6.61 Å². The number of ether oxygens (including phenoxy) is 2. The molecule has 0 saturated carbocycles. The van der Waals surface area contributed by atoms with Crippen molar-refractivity contribution in [3.8, 4) is 28.4 Å². The van der Waals surface area contributed by atoms with Gasteiger partial charge in [-0.2, -0.15) is 0 Å². The van der Waals surface area contributed by atoms with Crippen LogP contribution in [0.3, 0.4) is 0 Å². The Bertz CT molecular complexity index is 1520. The SMILES string of the molecule is CCOc1ccc(C)cc1B(O)O.Cc1ccc(-c2cn(-c3cccc(C)c3)nc2OCc2ccccc2)cc1. The molecule has 1 aromatic heterocycles. The Morgan fingerprint density at radius 3 is 2.12 bits per heavy atom. The number of rotatable bonds is 8. The summed E-state index contributed by atoms with van der Waals surface area (Å²) in [6.07, 6.45) is 2.04. The van der Waals surface area contributed by atoms with Gasteiger partial charge in [-0.3, -0.25) is 0 Å². The van der Waals surface area contributed by atoms with E-state index in [-0.39, 0.29) is 0 Å². The summed E-state index contributed by atoms with van der Waals surface area (Å²) in [5.41, 5.74) is 8.07. The molecule has 40 heavy (non-hydrogen) atoms. The second-order valence-electron chi connectivity index (χ2n) is 9.62. The van der Waals surface area contributed by atoms with Gasteiger partial charge in [0.2, 0.25) is 5.88 Å². The first-order valence-corrected chi connectivity index (χ1v) is 13.3. The number of aryl methyl sites for hydroxylation is 3. The normalized spacial score (nSPS) is 10.4. The van der Waals surface area contributed by atoms with Gasteiger partial charge in [0.1, 0.15) is 12.4 Å². The quantitative estimate of drug-likeness (QED) is 0.246. The summed E-state index contributed by atoms with van der Waals surface area (Å²) in [4.78, 5) is 0. The van der Waals surface area contributed by atoms with Gasteiger partial charge in [0.15, 0.2) is 0 Å². The highest BCUT2D eigenvalue weighted by Gasteiger charge is 2.17. The van der Waals surface area contributed by atoms with E-state index >= 15 is 0 Å². The van der Waals surface area contributed by atoms with Gasteiger partial charge in [0.25, 0.3) is 0 Å². The van der Waals surface area contributed by atoms with E-state index in [4.69, 9.17) is 24.6 Å². The van der Waals surface area contributed by atoms with Crippen LogP contribution in [-0.4, -0.2) is 33.6 Å². The largest absolute Gasteiger partial charge is 0.494 e. The first-order chi connectivity index (χ1) is 19.3. The van der Waals surface area contributed by atoms with Gasteiger partial charge >= 0.3 is 7.12 Å². The lowest BCUT2D eigenvalue weighted by molar-refractivity contribution is 0.293. The fourth-order valence-electron chi connectivity index (χ4n) is 4.18. The monoisotopic (exact) mass is 534 g/mol. The molecule has 2 N–H and O–H groups in total. The number of benzene rings is 4. The molecule has 0 fully saturated rings. The minimum Gasteiger partial charge on any atom is -0.494 e. The van der Waals surface area contributed by atoms with Gasteiger partial charge in [0.05, 0.1) is 17.9 Å². The van der Waals surface area contributed by atoms with Crippen molar-refractivity contribution in [2.45, 2.75) is 34.3 Å². The van der Waals surface area contributed by atoms with Crippen molar-refractivity contribution < 1.29 is 19.5 Å². The zero-order chi connectivity index (χ0) is 28.5. The zero-order valence-corrected chi connectivity index (χ0v) is 23.4. The fourth-order valence-corrected chi connectivity index (χ4v) is 4.18. The van der Waals surface area contributed by atoms with E-state index in [1.807, 2.05) is 55.1 Å². The molecule has 0 bridgehead atoms. The smallest absolute Gasteiger partial charge is 0.492 e. The third kappa shape index (κ3) is 7.62. The molecule has 0 saturated heterocycles. The van der Waals surface area contributed by atoms with Crippen LogP contribution in [0.5, 0.6) is 11.6 Å². The van der Waals surface area contributed by atoms with Gasteiger partial charge < -0.3 is 19.5 Å². The fraction of sp³-hybridized carbons (Fsp3) is 0.182. The Balaban J connectivity index is 0.000000240. The minimum absolute atomic E-state index is 0.418. The van der Waals surface area contributed by atoms with Gasteiger partial charge in [-0.05, 0) is 62.6 Å². The average Bonchev–Trinajstić information content (AvgIpc) is 3.39. The van der Waals surface area contributed by atoms with Crippen LogP contribution in [0.1, 0.15) is 29.2 Å². The Hall–Kier alpha value is -4.33. The summed E-state index contributed by atoms with van der Waals surface area (Å²) in [7, 11) is -1.47. The third-order valence-electron chi connectivity index (χ3n) is 6.27. The molecule has 5 aromatic rings. The highest BCUT2D eigenvalue weighted by molar-refractivity contribution is 6.59. The second-order valence-corrected chi connectivity index (χ2v) is 9.62. The van der Waals surface area contributed by atoms with E-state index in [9.17, 15) is 0 Å². The number of nitrogens with zero attached hydrogens (tertiary/aromatic N) is 2. The molecule has 5 rings (SSSR count). The van der Waals surface area contributed by atoms with E-state index in [2.05, 4.69) is 68.4 Å². The van der Waals surface area contributed by atoms with Crippen LogP contribution in [0.4, 0.5) is 0 Å². The lowest BCUT2D eigenvalue weighted by Gasteiger charge is -2.09. The van der Waals surface area contributed by atoms with E-state index in [1.54, 1.807) is 12.1 Å². The molecule has 204 valence electrons. The molecule has 0 radical (unpaired) electrons. The molecule has 0 aliphatic carbocycles. The molecular weight excluding hydrogens is 499 g/mol. The van der Waals surface area contributed by atoms with Crippen LogP contribution in [0.15, 0.2) is 103 Å². The summed E-state index contributed by atoms with van der Waals surface area (Å²) < 4.78 is 13.2. The standard InChI is InChI=1S/C24H22N2O.C9H13BO3/c1-18-11-13-21(14-12-18)23-16-26(22-10-6-7-19(2)15-22)25-24(23)27-17-20-8-4-3-5-9-20;1-3-13-9-5-4-7(2)6-8(9)10(11)12/h3-16H,17H2,1-2H3;4-6,11-12H,3H2,1-2H3. The Labute approximate surface area is 236 Å². The average molecular weight is 534 g/mol. The van der Waals surface area contributed by atoms with Crippen molar-refractivity contribution in [3.05, 3.63) is 126 Å². The minimum atomic E-state index is -1.47. The molecule has 0 atom stereocenters. The van der Waals surface area contributed by atoms with Crippen molar-refractivity contribution >= 4 is 12.6 Å². The topological polar surface area (TPSA) is 76.7 Å². The first-order valence-electron chi connectivity index (χ1n) is 13.3. The Morgan fingerprint density at radius 1 is 0.750 bits per heavy atom. The highest BCUT2D eigenvalue weighted by atomic mass is 16.5. The van der Waals surface area contributed by atoms with E-state index in [0.29, 0.717) is 30.3 Å². The van der Waals surface area contributed by atoms with Crippen molar-refractivity contribution in [1.82, 2.24) is 9.78 Å². The van der Waals surface area contributed by atoms with E-state index < -0.39 is 7.12 Å². The molecule has 0 unspecified atom stereocenters. The van der Waals surface area contributed by atoms with Crippen molar-refractivity contribution in [2.24, 2.45) is 0 Å². The van der Waals surface area contributed by atoms with Gasteiger partial charge in [-0.25, -0.2) is 4.68 Å². The second kappa shape index (κ2) is 13.6. The molecule has 7 heteroatoms. The van der Waals surface area contributed by atoms with Crippen LogP contribution < -0.4 is 14.9 Å². The molecule has 0 amide bonds. The molecule has 0 aliphatic heterocycles. The maximum atomic E-state index is 9.03. The predicted molar refractivity (Wildman–Crippen MR) is 161 cm³/mol. The lowest BCUT2D eigenvalue weighted by Crippen LogP contribution is -2.31. The number of hydrogen-bond donors (Lipinski definition) is 2. The molecule has 4 aromatic carbocycles. The van der Waals surface area contributed by atoms with Crippen molar-refractivity contribution in [2.75, 3.05) is 6.61 Å². The first kappa shape index (κ1) is 28.7. The molecule has 1 heterocycles. The van der Waals surface area contributed by atoms with Crippen LogP contribution in [0, 0.1) is 20.8 Å². The molecule has 0 aliphatic rings. The highest BCUT2D eigenvalue weighted by Crippen LogP contribution is 2.31. The third-order valence-corrected chi connectivity index (χ3v) is 6.27. The summed E-state index contributed by atoms with van der Waals surface area (Å²) in [6.45, 7) is 8.93. The molecular formula is C33H35BN2O4. The van der Waals surface area contributed by atoms with Crippen LogP contribution in [0.25, 0.3) is 16.8 Å². The maximum absolute atomic E-state index is 9.03. The Morgan fingerprint density at radius 2 is 1.45 bits per heavy atom. The summed E-state index contributed by atoms with van der Waals surface area (Å²) in [6, 6.07) is 32.2. The van der Waals surface area contributed by atoms with E-state index in [0.717, 1.165) is 27.9 Å². The van der Waals surface area contributed by atoms with Gasteiger partial charge in [-0.15, -0.1) is 5.10 Å². The van der Waals surface area contributed by atoms with Gasteiger partial charge in [0, 0.05) is 11.7 Å². The molecule has 6 nitrogen and oxygen atoms in total. The lowest BCUT2D eigenvalue weighted by atomic mass is 9.79. The number of aromatic nitrogens is 2.